The molecule has 0 radical (unpaired) electrons. The number of aryl methyl sites for hydroxylation is 3. The van der Waals surface area contributed by atoms with Gasteiger partial charge in [0.05, 0.1) is 17.7 Å². The molecule has 0 spiro atoms. The number of aromatic nitrogens is 4. The number of nitrogens with zero attached hydrogens (tertiary/aromatic N) is 4. The summed E-state index contributed by atoms with van der Waals surface area (Å²) in [7, 11) is 0. The van der Waals surface area contributed by atoms with Crippen LogP contribution in [0, 0.1) is 33.6 Å². The lowest BCUT2D eigenvalue weighted by molar-refractivity contribution is 0.378. The van der Waals surface area contributed by atoms with E-state index in [1.807, 2.05) is 13.3 Å². The molecule has 0 saturated carbocycles. The van der Waals surface area contributed by atoms with Crippen LogP contribution in [0.4, 0.5) is 0 Å². The first kappa shape index (κ1) is 16.7. The SMILES string of the molecule is Cc1cc(C)n(C[C@@H](C)CN[C@@H](C)Cn2cnc(C)c2C)n1. The molecule has 0 fully saturated rings. The average molecular weight is 303 g/mol. The van der Waals surface area contributed by atoms with Gasteiger partial charge < -0.3 is 9.88 Å². The minimum absolute atomic E-state index is 0.426. The molecule has 0 aromatic carbocycles. The average Bonchev–Trinajstić information content (AvgIpc) is 2.93. The van der Waals surface area contributed by atoms with Crippen molar-refractivity contribution in [3.63, 3.8) is 0 Å². The zero-order valence-corrected chi connectivity index (χ0v) is 14.7. The molecule has 2 atom stereocenters. The topological polar surface area (TPSA) is 47.7 Å². The first-order valence-corrected chi connectivity index (χ1v) is 8.09. The molecule has 0 aliphatic carbocycles. The quantitative estimate of drug-likeness (QED) is 0.855. The van der Waals surface area contributed by atoms with E-state index in [9.17, 15) is 0 Å². The van der Waals surface area contributed by atoms with Gasteiger partial charge in [0.2, 0.25) is 0 Å². The van der Waals surface area contributed by atoms with Gasteiger partial charge in [-0.1, -0.05) is 6.92 Å². The molecule has 2 aromatic rings. The summed E-state index contributed by atoms with van der Waals surface area (Å²) in [5, 5.41) is 8.16. The maximum absolute atomic E-state index is 4.54. The minimum atomic E-state index is 0.426. The van der Waals surface area contributed by atoms with Gasteiger partial charge in [0.25, 0.3) is 0 Å². The molecule has 0 aliphatic heterocycles. The van der Waals surface area contributed by atoms with Crippen molar-refractivity contribution >= 4 is 0 Å². The zero-order chi connectivity index (χ0) is 16.3. The molecule has 1 N–H and O–H groups in total. The molecule has 2 aromatic heterocycles. The molecule has 2 heterocycles. The summed E-state index contributed by atoms with van der Waals surface area (Å²) in [6.45, 7) is 15.7. The van der Waals surface area contributed by atoms with Gasteiger partial charge in [-0.3, -0.25) is 4.68 Å². The number of rotatable bonds is 7. The van der Waals surface area contributed by atoms with Gasteiger partial charge >= 0.3 is 0 Å². The van der Waals surface area contributed by atoms with E-state index in [1.165, 1.54) is 11.4 Å². The van der Waals surface area contributed by atoms with Gasteiger partial charge in [-0.15, -0.1) is 0 Å². The Morgan fingerprint density at radius 2 is 1.86 bits per heavy atom. The third-order valence-corrected chi connectivity index (χ3v) is 4.22. The van der Waals surface area contributed by atoms with Crippen molar-refractivity contribution in [2.45, 2.75) is 60.7 Å². The van der Waals surface area contributed by atoms with Crippen LogP contribution in [0.2, 0.25) is 0 Å². The van der Waals surface area contributed by atoms with Crippen LogP contribution in [0.3, 0.4) is 0 Å². The maximum Gasteiger partial charge on any atom is 0.0951 e. The second-order valence-electron chi connectivity index (χ2n) is 6.59. The third kappa shape index (κ3) is 4.19. The Morgan fingerprint density at radius 1 is 1.14 bits per heavy atom. The fourth-order valence-electron chi connectivity index (χ4n) is 2.71. The van der Waals surface area contributed by atoms with Crippen LogP contribution < -0.4 is 5.32 Å². The summed E-state index contributed by atoms with van der Waals surface area (Å²) < 4.78 is 4.33. The lowest BCUT2D eigenvalue weighted by Crippen LogP contribution is -2.35. The van der Waals surface area contributed by atoms with E-state index in [0.29, 0.717) is 12.0 Å². The summed E-state index contributed by atoms with van der Waals surface area (Å²) in [5.74, 6) is 0.547. The smallest absolute Gasteiger partial charge is 0.0951 e. The molecule has 122 valence electrons. The number of hydrogen-bond acceptors (Lipinski definition) is 3. The second kappa shape index (κ2) is 7.09. The first-order valence-electron chi connectivity index (χ1n) is 8.09. The Hall–Kier alpha value is -1.62. The monoisotopic (exact) mass is 303 g/mol. The second-order valence-corrected chi connectivity index (χ2v) is 6.59. The fraction of sp³-hybridized carbons (Fsp3) is 0.647. The van der Waals surface area contributed by atoms with Crippen LogP contribution >= 0.6 is 0 Å². The lowest BCUT2D eigenvalue weighted by atomic mass is 10.1. The Balaban J connectivity index is 1.79. The molecule has 2 rings (SSSR count). The van der Waals surface area contributed by atoms with E-state index in [0.717, 1.165) is 31.0 Å². The van der Waals surface area contributed by atoms with Gasteiger partial charge in [0, 0.05) is 30.5 Å². The molecule has 0 amide bonds. The predicted molar refractivity (Wildman–Crippen MR) is 90.0 cm³/mol. The van der Waals surface area contributed by atoms with E-state index in [1.54, 1.807) is 0 Å². The van der Waals surface area contributed by atoms with Gasteiger partial charge in [0.15, 0.2) is 0 Å². The van der Waals surface area contributed by atoms with E-state index in [2.05, 4.69) is 65.3 Å². The molecule has 22 heavy (non-hydrogen) atoms. The van der Waals surface area contributed by atoms with Crippen LogP contribution in [0.25, 0.3) is 0 Å². The van der Waals surface area contributed by atoms with Crippen LogP contribution in [0.5, 0.6) is 0 Å². The normalized spacial score (nSPS) is 14.3. The summed E-state index contributed by atoms with van der Waals surface area (Å²) in [4.78, 5) is 4.36. The summed E-state index contributed by atoms with van der Waals surface area (Å²) in [6, 6.07) is 2.56. The molecule has 0 saturated heterocycles. The minimum Gasteiger partial charge on any atom is -0.333 e. The molecule has 5 heteroatoms. The first-order chi connectivity index (χ1) is 10.4. The molecule has 0 aliphatic rings. The van der Waals surface area contributed by atoms with Gasteiger partial charge in [0.1, 0.15) is 0 Å². The highest BCUT2D eigenvalue weighted by atomic mass is 15.3. The van der Waals surface area contributed by atoms with Gasteiger partial charge in [-0.05, 0) is 53.1 Å². The number of imidazole rings is 1. The van der Waals surface area contributed by atoms with Crippen LogP contribution in [-0.2, 0) is 13.1 Å². The largest absolute Gasteiger partial charge is 0.333 e. The van der Waals surface area contributed by atoms with E-state index < -0.39 is 0 Å². The number of nitrogens with one attached hydrogen (secondary N) is 1. The molecule has 5 nitrogen and oxygen atoms in total. The van der Waals surface area contributed by atoms with Crippen molar-refractivity contribution in [1.29, 1.82) is 0 Å². The summed E-state index contributed by atoms with van der Waals surface area (Å²) >= 11 is 0. The van der Waals surface area contributed by atoms with Crippen LogP contribution in [0.1, 0.15) is 36.6 Å². The summed E-state index contributed by atoms with van der Waals surface area (Å²) in [5.41, 5.74) is 4.70. The van der Waals surface area contributed by atoms with Crippen molar-refractivity contribution in [1.82, 2.24) is 24.6 Å². The molecule has 0 bridgehead atoms. The van der Waals surface area contributed by atoms with Crippen molar-refractivity contribution in [3.05, 3.63) is 35.2 Å². The highest BCUT2D eigenvalue weighted by molar-refractivity contribution is 5.08. The molecular formula is C17H29N5. The number of hydrogen-bond donors (Lipinski definition) is 1. The van der Waals surface area contributed by atoms with Gasteiger partial charge in [-0.2, -0.15) is 5.10 Å². The summed E-state index contributed by atoms with van der Waals surface area (Å²) in [6.07, 6.45) is 1.93. The van der Waals surface area contributed by atoms with Gasteiger partial charge in [-0.25, -0.2) is 4.98 Å². The third-order valence-electron chi connectivity index (χ3n) is 4.22. The highest BCUT2D eigenvalue weighted by Gasteiger charge is 2.10. The predicted octanol–water partition coefficient (Wildman–Crippen LogP) is 2.63. The fourth-order valence-corrected chi connectivity index (χ4v) is 2.71. The Kier molecular flexibility index (Phi) is 5.40. The Bertz CT molecular complexity index is 601. The zero-order valence-electron chi connectivity index (χ0n) is 14.7. The van der Waals surface area contributed by atoms with Crippen molar-refractivity contribution in [2.75, 3.05) is 6.54 Å². The highest BCUT2D eigenvalue weighted by Crippen LogP contribution is 2.07. The van der Waals surface area contributed by atoms with Crippen molar-refractivity contribution in [3.8, 4) is 0 Å². The van der Waals surface area contributed by atoms with Crippen LogP contribution in [-0.4, -0.2) is 31.9 Å². The lowest BCUT2D eigenvalue weighted by Gasteiger charge is -2.19. The van der Waals surface area contributed by atoms with Crippen molar-refractivity contribution in [2.24, 2.45) is 5.92 Å². The van der Waals surface area contributed by atoms with Crippen molar-refractivity contribution < 1.29 is 0 Å². The standard InChI is InChI=1S/C17H29N5/c1-12(9-22-15(4)7-13(2)20-22)8-18-14(3)10-21-11-19-16(5)17(21)6/h7,11-12,14,18H,8-10H2,1-6H3/t12-,14-/m0/s1. The van der Waals surface area contributed by atoms with E-state index >= 15 is 0 Å². The Labute approximate surface area is 133 Å². The molecule has 0 unspecified atom stereocenters. The molecular weight excluding hydrogens is 274 g/mol. The maximum atomic E-state index is 4.54. The van der Waals surface area contributed by atoms with E-state index in [4.69, 9.17) is 0 Å². The Morgan fingerprint density at radius 3 is 2.41 bits per heavy atom. The van der Waals surface area contributed by atoms with E-state index in [-0.39, 0.29) is 0 Å². The van der Waals surface area contributed by atoms with Crippen LogP contribution in [0.15, 0.2) is 12.4 Å².